The molecule has 3 aromatic carbocycles. The molecule has 11 heteroatoms. The summed E-state index contributed by atoms with van der Waals surface area (Å²) in [5.74, 6) is -0.668. The fourth-order valence-corrected chi connectivity index (χ4v) is 5.61. The van der Waals surface area contributed by atoms with Gasteiger partial charge in [-0.2, -0.15) is 13.2 Å². The molecule has 43 heavy (non-hydrogen) atoms. The molecule has 2 amide bonds. The lowest BCUT2D eigenvalue weighted by Crippen LogP contribution is -2.50. The van der Waals surface area contributed by atoms with Crippen molar-refractivity contribution in [1.29, 1.82) is 0 Å². The van der Waals surface area contributed by atoms with Crippen molar-refractivity contribution >= 4 is 27.5 Å². The van der Waals surface area contributed by atoms with E-state index in [2.05, 4.69) is 5.32 Å². The molecule has 0 spiro atoms. The van der Waals surface area contributed by atoms with Gasteiger partial charge in [0.25, 0.3) is 0 Å². The van der Waals surface area contributed by atoms with Gasteiger partial charge in [0.15, 0.2) is 0 Å². The van der Waals surface area contributed by atoms with E-state index in [1.54, 1.807) is 0 Å². The summed E-state index contributed by atoms with van der Waals surface area (Å²) in [5.41, 5.74) is 1.62. The number of aryl methyl sites for hydroxylation is 1. The van der Waals surface area contributed by atoms with Gasteiger partial charge >= 0.3 is 6.18 Å². The Bertz CT molecular complexity index is 1460. The Kier molecular flexibility index (Phi) is 11.8. The molecule has 7 nitrogen and oxygen atoms in total. The van der Waals surface area contributed by atoms with Crippen LogP contribution in [0.4, 0.5) is 18.9 Å². The lowest BCUT2D eigenvalue weighted by Gasteiger charge is -2.32. The van der Waals surface area contributed by atoms with Gasteiger partial charge in [-0.15, -0.1) is 0 Å². The van der Waals surface area contributed by atoms with Crippen molar-refractivity contribution in [2.75, 3.05) is 23.7 Å². The maximum Gasteiger partial charge on any atom is 0.416 e. The molecule has 0 aromatic heterocycles. The zero-order valence-corrected chi connectivity index (χ0v) is 25.4. The second kappa shape index (κ2) is 15.0. The number of benzene rings is 3. The largest absolute Gasteiger partial charge is 0.416 e. The first-order chi connectivity index (χ1) is 20.3. The average Bonchev–Trinajstić information content (AvgIpc) is 2.96. The number of hydrogen-bond acceptors (Lipinski definition) is 4. The minimum absolute atomic E-state index is 0.0290. The molecule has 0 unspecified atom stereocenters. The lowest BCUT2D eigenvalue weighted by atomic mass is 10.0. The van der Waals surface area contributed by atoms with Crippen LogP contribution in [-0.2, 0) is 38.8 Å². The average molecular weight is 618 g/mol. The molecule has 0 aliphatic heterocycles. The molecule has 0 saturated heterocycles. The molecule has 1 atom stereocenters. The normalized spacial score (nSPS) is 12.4. The highest BCUT2D eigenvalue weighted by molar-refractivity contribution is 7.92. The monoisotopic (exact) mass is 617 g/mol. The fourth-order valence-electron chi connectivity index (χ4n) is 4.65. The Labute approximate surface area is 251 Å². The number of halogens is 3. The predicted molar refractivity (Wildman–Crippen MR) is 162 cm³/mol. The van der Waals surface area contributed by atoms with Crippen molar-refractivity contribution in [1.82, 2.24) is 10.2 Å². The highest BCUT2D eigenvalue weighted by atomic mass is 32.2. The van der Waals surface area contributed by atoms with Crippen LogP contribution in [0.25, 0.3) is 0 Å². The highest BCUT2D eigenvalue weighted by Gasteiger charge is 2.32. The SMILES string of the molecule is CCCNC(=O)[C@@H](Cc1ccccc1)N(Cc1ccc(C)cc1)C(=O)CCCN(c1cccc(C(F)(F)F)c1)S(C)(=O)=O. The zero-order valence-electron chi connectivity index (χ0n) is 24.6. The molecule has 3 rings (SSSR count). The number of amides is 2. The number of anilines is 1. The number of carbonyl (C=O) groups excluding carboxylic acids is 2. The van der Waals surface area contributed by atoms with E-state index in [0.29, 0.717) is 13.0 Å². The van der Waals surface area contributed by atoms with Gasteiger partial charge in [-0.25, -0.2) is 8.42 Å². The van der Waals surface area contributed by atoms with E-state index in [1.807, 2.05) is 68.4 Å². The Morgan fingerprint density at radius 3 is 2.21 bits per heavy atom. The van der Waals surface area contributed by atoms with E-state index >= 15 is 0 Å². The molecular formula is C32H38F3N3O4S. The van der Waals surface area contributed by atoms with Gasteiger partial charge in [0.05, 0.1) is 17.5 Å². The summed E-state index contributed by atoms with van der Waals surface area (Å²) in [6, 6.07) is 20.2. The van der Waals surface area contributed by atoms with Gasteiger partial charge in [-0.3, -0.25) is 13.9 Å². The van der Waals surface area contributed by atoms with Gasteiger partial charge in [0.1, 0.15) is 6.04 Å². The zero-order chi connectivity index (χ0) is 31.6. The fraction of sp³-hybridized carbons (Fsp3) is 0.375. The summed E-state index contributed by atoms with van der Waals surface area (Å²) in [4.78, 5) is 28.7. The number of nitrogens with one attached hydrogen (secondary N) is 1. The van der Waals surface area contributed by atoms with Crippen LogP contribution in [0.3, 0.4) is 0 Å². The van der Waals surface area contributed by atoms with Crippen molar-refractivity contribution in [3.8, 4) is 0 Å². The number of sulfonamides is 1. The van der Waals surface area contributed by atoms with E-state index in [1.165, 1.54) is 11.0 Å². The van der Waals surface area contributed by atoms with Gasteiger partial charge in [0, 0.05) is 32.5 Å². The third-order valence-electron chi connectivity index (χ3n) is 6.91. The predicted octanol–water partition coefficient (Wildman–Crippen LogP) is 5.73. The maximum atomic E-state index is 13.8. The molecular weight excluding hydrogens is 579 g/mol. The lowest BCUT2D eigenvalue weighted by molar-refractivity contribution is -0.141. The van der Waals surface area contributed by atoms with E-state index in [9.17, 15) is 31.2 Å². The molecule has 0 radical (unpaired) electrons. The third-order valence-corrected chi connectivity index (χ3v) is 8.10. The Balaban J connectivity index is 1.88. The second-order valence-corrected chi connectivity index (χ2v) is 12.4. The van der Waals surface area contributed by atoms with Crippen molar-refractivity contribution in [2.24, 2.45) is 0 Å². The molecule has 0 bridgehead atoms. The van der Waals surface area contributed by atoms with Gasteiger partial charge in [-0.05, 0) is 49.1 Å². The van der Waals surface area contributed by atoms with Crippen LogP contribution in [0.5, 0.6) is 0 Å². The summed E-state index contributed by atoms with van der Waals surface area (Å²) < 4.78 is 65.9. The van der Waals surface area contributed by atoms with Crippen LogP contribution in [0.15, 0.2) is 78.9 Å². The number of rotatable bonds is 14. The molecule has 1 N–H and O–H groups in total. The van der Waals surface area contributed by atoms with Crippen LogP contribution < -0.4 is 9.62 Å². The second-order valence-electron chi connectivity index (χ2n) is 10.5. The summed E-state index contributed by atoms with van der Waals surface area (Å²) in [6.07, 6.45) is -2.84. The maximum absolute atomic E-state index is 13.8. The summed E-state index contributed by atoms with van der Waals surface area (Å²) in [6.45, 7) is 4.26. The van der Waals surface area contributed by atoms with Gasteiger partial charge in [0.2, 0.25) is 21.8 Å². The highest BCUT2D eigenvalue weighted by Crippen LogP contribution is 2.32. The number of carbonyl (C=O) groups is 2. The Morgan fingerprint density at radius 1 is 0.930 bits per heavy atom. The Hall–Kier alpha value is -3.86. The van der Waals surface area contributed by atoms with Gasteiger partial charge < -0.3 is 10.2 Å². The summed E-state index contributed by atoms with van der Waals surface area (Å²) >= 11 is 0. The van der Waals surface area contributed by atoms with Crippen molar-refractivity contribution in [3.63, 3.8) is 0 Å². The summed E-state index contributed by atoms with van der Waals surface area (Å²) in [5, 5.41) is 2.90. The molecule has 3 aromatic rings. The smallest absolute Gasteiger partial charge is 0.354 e. The first-order valence-electron chi connectivity index (χ1n) is 14.1. The Morgan fingerprint density at radius 2 is 1.60 bits per heavy atom. The van der Waals surface area contributed by atoms with Crippen LogP contribution >= 0.6 is 0 Å². The molecule has 0 aliphatic carbocycles. The quantitative estimate of drug-likeness (QED) is 0.251. The van der Waals surface area contributed by atoms with Crippen molar-refractivity contribution in [2.45, 2.75) is 58.3 Å². The minimum atomic E-state index is -4.64. The van der Waals surface area contributed by atoms with Crippen LogP contribution in [0.1, 0.15) is 48.4 Å². The first-order valence-corrected chi connectivity index (χ1v) is 16.0. The topological polar surface area (TPSA) is 86.8 Å². The first kappa shape index (κ1) is 33.6. The molecule has 0 saturated carbocycles. The number of hydrogen-bond donors (Lipinski definition) is 1. The number of alkyl halides is 3. The standard InChI is InChI=1S/C32H38F3N3O4S/c1-4-19-36-31(40)29(21-25-10-6-5-7-11-25)37(23-26-17-15-24(2)16-18-26)30(39)14-9-20-38(43(3,41)42)28-13-8-12-27(22-28)32(33,34)35/h5-8,10-13,15-18,22,29H,4,9,14,19-21,23H2,1-3H3,(H,36,40)/t29-/m1/s1. The van der Waals surface area contributed by atoms with Crippen LogP contribution in [0, 0.1) is 6.92 Å². The molecule has 0 heterocycles. The third kappa shape index (κ3) is 10.1. The van der Waals surface area contributed by atoms with E-state index in [0.717, 1.165) is 45.5 Å². The van der Waals surface area contributed by atoms with E-state index in [-0.39, 0.29) is 49.9 Å². The van der Waals surface area contributed by atoms with E-state index < -0.39 is 27.8 Å². The van der Waals surface area contributed by atoms with Gasteiger partial charge in [-0.1, -0.05) is 73.2 Å². The molecule has 0 aliphatic rings. The summed E-state index contributed by atoms with van der Waals surface area (Å²) in [7, 11) is -3.95. The van der Waals surface area contributed by atoms with E-state index in [4.69, 9.17) is 0 Å². The van der Waals surface area contributed by atoms with Crippen LogP contribution in [-0.4, -0.2) is 50.5 Å². The van der Waals surface area contributed by atoms with Crippen molar-refractivity contribution in [3.05, 3.63) is 101 Å². The van der Waals surface area contributed by atoms with Crippen molar-refractivity contribution < 1.29 is 31.2 Å². The number of nitrogens with zero attached hydrogens (tertiary/aromatic N) is 2. The van der Waals surface area contributed by atoms with Crippen LogP contribution in [0.2, 0.25) is 0 Å². The molecule has 232 valence electrons. The minimum Gasteiger partial charge on any atom is -0.354 e. The molecule has 0 fully saturated rings.